The molecule has 0 bridgehead atoms. The summed E-state index contributed by atoms with van der Waals surface area (Å²) in [5.74, 6) is 3.43. The van der Waals surface area contributed by atoms with E-state index in [1.807, 2.05) is 4.90 Å². The molecule has 350 valence electrons. The molecule has 2 fully saturated rings. The molecule has 2 atom stereocenters. The fourth-order valence-corrected chi connectivity index (χ4v) is 9.16. The minimum Gasteiger partial charge on any atom is -0.462 e. The summed E-state index contributed by atoms with van der Waals surface area (Å²) in [6.07, 6.45) is 24.6. The number of rotatable bonds is 34. The first-order chi connectivity index (χ1) is 28.9. The van der Waals surface area contributed by atoms with Crippen molar-refractivity contribution in [2.45, 2.75) is 189 Å². The maximum absolute atomic E-state index is 12.7. The highest BCUT2D eigenvalue weighted by Crippen LogP contribution is 2.34. The highest BCUT2D eigenvalue weighted by molar-refractivity contribution is 5.73. The molecule has 0 amide bonds. The van der Waals surface area contributed by atoms with Crippen molar-refractivity contribution in [1.29, 1.82) is 0 Å². The standard InChI is InChI=1S/C50H91NO9/c1-39(2)13-8-15-41(5)17-10-19-43-21-25-45(26-22-43)49(54)59-37-35-57-47(52)29-32-51(31-12-34-56-7)33-30-48(53)58-36-38-60-50(55)46-27-23-44(24-28-46)20-11-18-42(6)16-9-14-40(3)4/h39-46H,8-38H2,1-7H3. The second kappa shape index (κ2) is 33.4. The maximum Gasteiger partial charge on any atom is 0.309 e. The molecule has 2 saturated carbocycles. The molecule has 0 aromatic heterocycles. The third-order valence-corrected chi connectivity index (χ3v) is 13.2. The lowest BCUT2D eigenvalue weighted by molar-refractivity contribution is -0.156. The van der Waals surface area contributed by atoms with Crippen LogP contribution in [0.5, 0.6) is 0 Å². The lowest BCUT2D eigenvalue weighted by atomic mass is 9.79. The van der Waals surface area contributed by atoms with Gasteiger partial charge in [0.05, 0.1) is 24.7 Å². The zero-order valence-corrected chi connectivity index (χ0v) is 39.7. The van der Waals surface area contributed by atoms with Crippen LogP contribution >= 0.6 is 0 Å². The van der Waals surface area contributed by atoms with Crippen LogP contribution in [0.4, 0.5) is 0 Å². The first kappa shape index (κ1) is 53.9. The zero-order chi connectivity index (χ0) is 44.0. The van der Waals surface area contributed by atoms with Gasteiger partial charge < -0.3 is 28.6 Å². The Hall–Kier alpha value is -2.20. The van der Waals surface area contributed by atoms with E-state index < -0.39 is 0 Å². The maximum atomic E-state index is 12.7. The second-order valence-corrected chi connectivity index (χ2v) is 19.6. The quantitative estimate of drug-likeness (QED) is 0.0352. The summed E-state index contributed by atoms with van der Waals surface area (Å²) in [6.45, 7) is 16.3. The van der Waals surface area contributed by atoms with Crippen LogP contribution in [0.1, 0.15) is 189 Å². The Labute approximate surface area is 367 Å². The lowest BCUT2D eigenvalue weighted by Gasteiger charge is -2.27. The number of nitrogens with zero attached hydrogens (tertiary/aromatic N) is 1. The topological polar surface area (TPSA) is 118 Å². The number of carbonyl (C=O) groups excluding carboxylic acids is 4. The molecule has 0 aromatic rings. The SMILES string of the molecule is COCCCN(CCC(=O)OCCOC(=O)C1CCC(CCCC(C)CCCC(C)C)CC1)CCC(=O)OCCOC(=O)C1CCC(CCCC(C)CCCC(C)C)CC1. The summed E-state index contributed by atoms with van der Waals surface area (Å²) in [7, 11) is 1.64. The van der Waals surface area contributed by atoms with Crippen molar-refractivity contribution in [2.24, 2.45) is 47.3 Å². The summed E-state index contributed by atoms with van der Waals surface area (Å²) in [6, 6.07) is 0. The van der Waals surface area contributed by atoms with Gasteiger partial charge in [0.2, 0.25) is 0 Å². The third-order valence-electron chi connectivity index (χ3n) is 13.2. The van der Waals surface area contributed by atoms with Crippen LogP contribution in [0.25, 0.3) is 0 Å². The van der Waals surface area contributed by atoms with Crippen molar-refractivity contribution in [1.82, 2.24) is 4.90 Å². The van der Waals surface area contributed by atoms with Crippen LogP contribution < -0.4 is 0 Å². The number of ether oxygens (including phenoxy) is 5. The molecule has 0 aromatic carbocycles. The number of methoxy groups -OCH3 is 1. The summed E-state index contributed by atoms with van der Waals surface area (Å²) in [5.41, 5.74) is 0. The minimum absolute atomic E-state index is 0.0371. The van der Waals surface area contributed by atoms with Crippen molar-refractivity contribution < 1.29 is 42.9 Å². The Kier molecular flexibility index (Phi) is 30.0. The van der Waals surface area contributed by atoms with E-state index in [1.165, 1.54) is 77.0 Å². The molecule has 0 heterocycles. The Balaban J connectivity index is 1.53. The van der Waals surface area contributed by atoms with Gasteiger partial charge in [0.1, 0.15) is 26.4 Å². The largest absolute Gasteiger partial charge is 0.462 e. The average molecular weight is 850 g/mol. The monoisotopic (exact) mass is 850 g/mol. The van der Waals surface area contributed by atoms with Crippen LogP contribution in [-0.4, -0.2) is 88.6 Å². The Bertz CT molecular complexity index is 1050. The van der Waals surface area contributed by atoms with E-state index in [1.54, 1.807) is 7.11 Å². The Morgan fingerprint density at radius 2 is 0.850 bits per heavy atom. The molecule has 0 radical (unpaired) electrons. The number of hydrogen-bond donors (Lipinski definition) is 0. The zero-order valence-electron chi connectivity index (χ0n) is 39.7. The van der Waals surface area contributed by atoms with Gasteiger partial charge in [-0.05, 0) is 93.3 Å². The summed E-state index contributed by atoms with van der Waals surface area (Å²) >= 11 is 0. The van der Waals surface area contributed by atoms with Crippen LogP contribution in [0.3, 0.4) is 0 Å². The Morgan fingerprint density at radius 1 is 0.467 bits per heavy atom. The van der Waals surface area contributed by atoms with Crippen LogP contribution in [0, 0.1) is 47.3 Å². The van der Waals surface area contributed by atoms with Crippen LogP contribution in [-0.2, 0) is 42.9 Å². The fourth-order valence-electron chi connectivity index (χ4n) is 9.16. The van der Waals surface area contributed by atoms with Crippen molar-refractivity contribution in [3.05, 3.63) is 0 Å². The molecule has 0 aliphatic heterocycles. The van der Waals surface area contributed by atoms with Crippen molar-refractivity contribution in [3.63, 3.8) is 0 Å². The van der Waals surface area contributed by atoms with Crippen molar-refractivity contribution in [3.8, 4) is 0 Å². The smallest absolute Gasteiger partial charge is 0.309 e. The average Bonchev–Trinajstić information content (AvgIpc) is 3.22. The molecule has 10 heteroatoms. The summed E-state index contributed by atoms with van der Waals surface area (Å²) < 4.78 is 26.9. The van der Waals surface area contributed by atoms with Gasteiger partial charge in [-0.3, -0.25) is 19.2 Å². The molecular formula is C50H91NO9. The first-order valence-electron chi connectivity index (χ1n) is 24.7. The lowest BCUT2D eigenvalue weighted by Crippen LogP contribution is -2.31. The van der Waals surface area contributed by atoms with Gasteiger partial charge in [-0.2, -0.15) is 0 Å². The van der Waals surface area contributed by atoms with Crippen LogP contribution in [0.15, 0.2) is 0 Å². The van der Waals surface area contributed by atoms with E-state index in [-0.39, 0.29) is 75.0 Å². The number of hydrogen-bond acceptors (Lipinski definition) is 10. The van der Waals surface area contributed by atoms with Gasteiger partial charge in [-0.15, -0.1) is 0 Å². The highest BCUT2D eigenvalue weighted by Gasteiger charge is 2.28. The molecule has 60 heavy (non-hydrogen) atoms. The normalized spacial score (nSPS) is 20.6. The molecular weight excluding hydrogens is 759 g/mol. The molecule has 2 rings (SSSR count). The third kappa shape index (κ3) is 27.0. The minimum atomic E-state index is -0.368. The van der Waals surface area contributed by atoms with Gasteiger partial charge in [0, 0.05) is 33.4 Å². The summed E-state index contributed by atoms with van der Waals surface area (Å²) in [4.78, 5) is 52.5. The van der Waals surface area contributed by atoms with Gasteiger partial charge in [-0.1, -0.05) is 119 Å². The molecule has 10 nitrogen and oxygen atoms in total. The first-order valence-corrected chi connectivity index (χ1v) is 24.7. The molecule has 2 aliphatic rings. The van der Waals surface area contributed by atoms with E-state index in [0.29, 0.717) is 38.1 Å². The van der Waals surface area contributed by atoms with Crippen molar-refractivity contribution >= 4 is 23.9 Å². The summed E-state index contributed by atoms with van der Waals surface area (Å²) in [5, 5.41) is 0. The molecule has 0 N–H and O–H groups in total. The van der Waals surface area contributed by atoms with Crippen molar-refractivity contribution in [2.75, 3.05) is 59.8 Å². The van der Waals surface area contributed by atoms with Gasteiger partial charge in [-0.25, -0.2) is 0 Å². The fraction of sp³-hybridized carbons (Fsp3) is 0.920. The van der Waals surface area contributed by atoms with E-state index in [0.717, 1.165) is 81.5 Å². The predicted octanol–water partition coefficient (Wildman–Crippen LogP) is 11.2. The second-order valence-electron chi connectivity index (χ2n) is 19.6. The van der Waals surface area contributed by atoms with Gasteiger partial charge >= 0.3 is 23.9 Å². The Morgan fingerprint density at radius 3 is 1.23 bits per heavy atom. The van der Waals surface area contributed by atoms with Gasteiger partial charge in [0.25, 0.3) is 0 Å². The predicted molar refractivity (Wildman–Crippen MR) is 240 cm³/mol. The number of esters is 4. The molecule has 0 spiro atoms. The van der Waals surface area contributed by atoms with E-state index in [2.05, 4.69) is 41.5 Å². The van der Waals surface area contributed by atoms with E-state index in [9.17, 15) is 19.2 Å². The highest BCUT2D eigenvalue weighted by atomic mass is 16.6. The number of carbonyl (C=O) groups is 4. The van der Waals surface area contributed by atoms with Crippen LogP contribution in [0.2, 0.25) is 0 Å². The molecule has 2 aliphatic carbocycles. The van der Waals surface area contributed by atoms with E-state index in [4.69, 9.17) is 23.7 Å². The van der Waals surface area contributed by atoms with Gasteiger partial charge in [0.15, 0.2) is 0 Å². The van der Waals surface area contributed by atoms with E-state index >= 15 is 0 Å². The molecule has 0 saturated heterocycles. The molecule has 2 unspecified atom stereocenters.